The molecule has 0 unspecified atom stereocenters. The van der Waals surface area contributed by atoms with E-state index in [0.29, 0.717) is 0 Å². The smallest absolute Gasteiger partial charge is 0.162 e. The van der Waals surface area contributed by atoms with Gasteiger partial charge in [0.05, 0.1) is 11.3 Å². The number of carbonyl (C=O) groups excluding carboxylic acids is 1. The van der Waals surface area contributed by atoms with Gasteiger partial charge < -0.3 is 5.11 Å². The summed E-state index contributed by atoms with van der Waals surface area (Å²) in [4.78, 5) is 20.8. The van der Waals surface area contributed by atoms with Crippen molar-refractivity contribution in [2.75, 3.05) is 0 Å². The largest absolute Gasteiger partial charge is 0.512 e. The van der Waals surface area contributed by atoms with E-state index in [2.05, 4.69) is 92.3 Å². The summed E-state index contributed by atoms with van der Waals surface area (Å²) in [6.07, 6.45) is 6.56. The zero-order valence-electron chi connectivity index (χ0n) is 25.8. The van der Waals surface area contributed by atoms with Gasteiger partial charge in [-0.2, -0.15) is 0 Å². The van der Waals surface area contributed by atoms with Crippen molar-refractivity contribution in [3.05, 3.63) is 83.9 Å². The zero-order valence-corrected chi connectivity index (χ0v) is 28.2. The maximum absolute atomic E-state index is 11.7. The summed E-state index contributed by atoms with van der Waals surface area (Å²) >= 11 is 0. The Balaban J connectivity index is 0.000000320. The van der Waals surface area contributed by atoms with E-state index in [1.807, 2.05) is 27.7 Å². The van der Waals surface area contributed by atoms with E-state index in [1.54, 1.807) is 6.33 Å². The summed E-state index contributed by atoms with van der Waals surface area (Å²) < 4.78 is 0. The number of aliphatic hydroxyl groups excluding tert-OH is 1. The molecule has 0 aliphatic rings. The number of hydrogen-bond acceptors (Lipinski definition) is 4. The van der Waals surface area contributed by atoms with E-state index in [-0.39, 0.29) is 48.9 Å². The van der Waals surface area contributed by atoms with Crippen molar-refractivity contribution in [2.24, 2.45) is 11.8 Å². The molecule has 4 nitrogen and oxygen atoms in total. The van der Waals surface area contributed by atoms with Crippen LogP contribution < -0.4 is 0 Å². The summed E-state index contributed by atoms with van der Waals surface area (Å²) in [6.45, 7) is 16.9. The van der Waals surface area contributed by atoms with Crippen LogP contribution >= 0.6 is 0 Å². The summed E-state index contributed by atoms with van der Waals surface area (Å²) in [6, 6.07) is 20.5. The third-order valence-corrected chi connectivity index (χ3v) is 7.79. The second-order valence-corrected chi connectivity index (χ2v) is 11.6. The number of aromatic nitrogens is 2. The zero-order chi connectivity index (χ0) is 29.4. The van der Waals surface area contributed by atoms with Crippen LogP contribution in [0.3, 0.4) is 0 Å². The first kappa shape index (κ1) is 34.3. The second-order valence-electron chi connectivity index (χ2n) is 11.6. The van der Waals surface area contributed by atoms with Crippen molar-refractivity contribution in [2.45, 2.75) is 86.5 Å². The van der Waals surface area contributed by atoms with Crippen LogP contribution in [0.4, 0.5) is 0 Å². The van der Waals surface area contributed by atoms with Gasteiger partial charge in [-0.15, -0.1) is 29.1 Å². The molecule has 0 spiro atoms. The van der Waals surface area contributed by atoms with Gasteiger partial charge in [0.25, 0.3) is 0 Å². The molecular weight excluding hydrogens is 685 g/mol. The fourth-order valence-corrected chi connectivity index (χ4v) is 5.21. The van der Waals surface area contributed by atoms with Crippen molar-refractivity contribution in [3.8, 4) is 11.3 Å². The van der Waals surface area contributed by atoms with Gasteiger partial charge >= 0.3 is 0 Å². The number of fused-ring (bicyclic) bond motifs is 2. The molecule has 4 rings (SSSR count). The molecule has 0 bridgehead atoms. The van der Waals surface area contributed by atoms with E-state index in [0.717, 1.165) is 58.8 Å². The second kappa shape index (κ2) is 15.4. The number of allylic oxidation sites excluding steroid dienone is 2. The number of nitrogens with zero attached hydrogens (tertiary/aromatic N) is 2. The molecule has 41 heavy (non-hydrogen) atoms. The van der Waals surface area contributed by atoms with Crippen molar-refractivity contribution < 1.29 is 30.0 Å². The quantitative estimate of drug-likeness (QED) is 0.112. The molecule has 1 aromatic heterocycles. The molecule has 5 heteroatoms. The van der Waals surface area contributed by atoms with Crippen LogP contribution in [0.1, 0.15) is 85.3 Å². The maximum atomic E-state index is 11.7. The molecule has 4 aromatic rings. The minimum absolute atomic E-state index is 0. The Labute approximate surface area is 260 Å². The van der Waals surface area contributed by atoms with E-state index in [1.165, 1.54) is 17.0 Å². The molecule has 1 heterocycles. The van der Waals surface area contributed by atoms with Crippen LogP contribution in [0.5, 0.6) is 0 Å². The predicted octanol–water partition coefficient (Wildman–Crippen LogP) is 9.72. The summed E-state index contributed by atoms with van der Waals surface area (Å²) in [5, 5.41) is 13.2. The van der Waals surface area contributed by atoms with Gasteiger partial charge in [0.15, 0.2) is 5.78 Å². The molecule has 0 fully saturated rings. The van der Waals surface area contributed by atoms with Crippen molar-refractivity contribution in [1.29, 1.82) is 0 Å². The van der Waals surface area contributed by atoms with Crippen LogP contribution in [0.25, 0.3) is 32.9 Å². The Bertz CT molecular complexity index is 1480. The summed E-state index contributed by atoms with van der Waals surface area (Å²) in [5.41, 5.74) is 5.51. The van der Waals surface area contributed by atoms with E-state index in [4.69, 9.17) is 0 Å². The number of carbonyl (C=O) groups is 1. The molecule has 1 radical (unpaired) electrons. The SMILES string of the molecule is CCC(CC)C(=O)/C=C(\O)C(CC)CC.Cc1cccc2c(-c3[c-]c4ccccc4c(C(C)(C)C)c3)ncnc12.[Ir]. The molecule has 221 valence electrons. The Morgan fingerprint density at radius 2 is 1.51 bits per heavy atom. The fourth-order valence-electron chi connectivity index (χ4n) is 5.21. The Morgan fingerprint density at radius 1 is 0.902 bits per heavy atom. The number of ketones is 1. The minimum Gasteiger partial charge on any atom is -0.512 e. The van der Waals surface area contributed by atoms with Crippen LogP contribution in [-0.2, 0) is 30.3 Å². The van der Waals surface area contributed by atoms with Gasteiger partial charge in [0, 0.05) is 43.7 Å². The molecular formula is C36H45IrN2O2-. The normalized spacial score (nSPS) is 11.9. The van der Waals surface area contributed by atoms with E-state index >= 15 is 0 Å². The standard InChI is InChI=1S/C23H21N2.C13H24O2.Ir/c1-15-8-7-11-19-21(15)24-14-25-22(19)17-12-16-9-5-6-10-18(16)20(13-17)23(2,3)4;1-5-10(6-2)12(14)9-13(15)11(7-3)8-4;/h5-11,13-14H,1-4H3;9-11,14H,5-8H2,1-4H3;/q-1;;/b;12-9-;. The first-order valence-electron chi connectivity index (χ1n) is 14.7. The van der Waals surface area contributed by atoms with Crippen molar-refractivity contribution >= 4 is 27.5 Å². The number of hydrogen-bond donors (Lipinski definition) is 1. The Morgan fingerprint density at radius 3 is 2.12 bits per heavy atom. The van der Waals surface area contributed by atoms with Crippen LogP contribution in [-0.4, -0.2) is 20.9 Å². The minimum atomic E-state index is 0. The van der Waals surface area contributed by atoms with Gasteiger partial charge in [-0.1, -0.05) is 95.8 Å². The molecule has 0 saturated heterocycles. The van der Waals surface area contributed by atoms with Crippen molar-refractivity contribution in [3.63, 3.8) is 0 Å². The number of rotatable bonds is 8. The first-order valence-corrected chi connectivity index (χ1v) is 14.7. The van der Waals surface area contributed by atoms with Gasteiger partial charge in [0.2, 0.25) is 0 Å². The number of aliphatic hydroxyl groups is 1. The fraction of sp³-hybridized carbons (Fsp3) is 0.417. The topological polar surface area (TPSA) is 63.1 Å². The molecule has 0 aliphatic heterocycles. The molecule has 0 amide bonds. The number of aryl methyl sites for hydroxylation is 1. The summed E-state index contributed by atoms with van der Waals surface area (Å²) in [5.74, 6) is 0.547. The predicted molar refractivity (Wildman–Crippen MR) is 169 cm³/mol. The van der Waals surface area contributed by atoms with Crippen LogP contribution in [0.2, 0.25) is 0 Å². The van der Waals surface area contributed by atoms with Crippen LogP contribution in [0.15, 0.2) is 66.7 Å². The van der Waals surface area contributed by atoms with E-state index in [9.17, 15) is 9.90 Å². The van der Waals surface area contributed by atoms with E-state index < -0.39 is 0 Å². The molecule has 3 aromatic carbocycles. The molecule has 1 N–H and O–H groups in total. The molecule has 0 atom stereocenters. The number of para-hydroxylation sites is 1. The average Bonchev–Trinajstić information content (AvgIpc) is 2.93. The Kier molecular flexibility index (Phi) is 12.9. The monoisotopic (exact) mass is 730 g/mol. The van der Waals surface area contributed by atoms with Gasteiger partial charge in [-0.3, -0.25) is 9.78 Å². The Hall–Kier alpha value is -2.88. The third kappa shape index (κ3) is 8.33. The van der Waals surface area contributed by atoms with Gasteiger partial charge in [-0.05, 0) is 49.0 Å². The number of benzene rings is 3. The molecule has 0 aliphatic carbocycles. The third-order valence-electron chi connectivity index (χ3n) is 7.79. The van der Waals surface area contributed by atoms with Gasteiger partial charge in [-0.25, -0.2) is 4.98 Å². The average molecular weight is 730 g/mol. The van der Waals surface area contributed by atoms with Crippen LogP contribution in [0, 0.1) is 24.8 Å². The van der Waals surface area contributed by atoms with Crippen molar-refractivity contribution in [1.82, 2.24) is 9.97 Å². The van der Waals surface area contributed by atoms with Gasteiger partial charge in [0.1, 0.15) is 6.33 Å². The molecule has 0 saturated carbocycles. The summed E-state index contributed by atoms with van der Waals surface area (Å²) in [7, 11) is 0. The maximum Gasteiger partial charge on any atom is 0.162 e. The first-order chi connectivity index (χ1) is 19.0.